The summed E-state index contributed by atoms with van der Waals surface area (Å²) in [7, 11) is 0. The molecule has 1 aromatic heterocycles. The molecule has 4 heterocycles. The van der Waals surface area contributed by atoms with Crippen LogP contribution in [0.1, 0.15) is 44.9 Å². The summed E-state index contributed by atoms with van der Waals surface area (Å²) in [6, 6.07) is 2.18. The lowest BCUT2D eigenvalue weighted by Crippen LogP contribution is -2.42. The molecule has 8 nitrogen and oxygen atoms in total. The van der Waals surface area contributed by atoms with Crippen LogP contribution in [0.2, 0.25) is 0 Å². The van der Waals surface area contributed by atoms with Crippen LogP contribution in [0.25, 0.3) is 0 Å². The second-order valence-electron chi connectivity index (χ2n) is 8.69. The average Bonchev–Trinajstić information content (AvgIpc) is 3.10. The van der Waals surface area contributed by atoms with E-state index >= 15 is 0 Å². The molecule has 0 aromatic carbocycles. The zero-order valence-corrected chi connectivity index (χ0v) is 19.5. The first kappa shape index (κ1) is 22.5. The fraction of sp³-hybridized carbons (Fsp3) is 0.773. The molecule has 9 heteroatoms. The van der Waals surface area contributed by atoms with Crippen molar-refractivity contribution in [1.82, 2.24) is 20.2 Å². The molecule has 0 aliphatic carbocycles. The van der Waals surface area contributed by atoms with Crippen molar-refractivity contribution in [2.75, 3.05) is 80.7 Å². The van der Waals surface area contributed by atoms with Gasteiger partial charge in [0.25, 0.3) is 0 Å². The maximum Gasteiger partial charge on any atom is 0.232 e. The minimum Gasteiger partial charge on any atom is -0.379 e. The zero-order chi connectivity index (χ0) is 21.3. The first-order valence-electron chi connectivity index (χ1n) is 12.0. The minimum absolute atomic E-state index is 0.589. The van der Waals surface area contributed by atoms with Crippen LogP contribution in [-0.2, 0) is 4.74 Å². The highest BCUT2D eigenvalue weighted by Crippen LogP contribution is 2.25. The van der Waals surface area contributed by atoms with Crippen molar-refractivity contribution >= 4 is 34.9 Å². The number of morpholine rings is 1. The molecule has 0 unspecified atom stereocenters. The zero-order valence-electron chi connectivity index (χ0n) is 18.7. The molecule has 1 aromatic rings. The quantitative estimate of drug-likeness (QED) is 0.640. The lowest BCUT2D eigenvalue weighted by Gasteiger charge is -2.30. The number of rotatable bonds is 6. The molecule has 4 rings (SSSR count). The van der Waals surface area contributed by atoms with Gasteiger partial charge in [-0.3, -0.25) is 4.90 Å². The van der Waals surface area contributed by atoms with Gasteiger partial charge in [-0.2, -0.15) is 9.97 Å². The van der Waals surface area contributed by atoms with E-state index in [0.29, 0.717) is 11.1 Å². The van der Waals surface area contributed by atoms with Crippen LogP contribution in [0.15, 0.2) is 6.07 Å². The van der Waals surface area contributed by atoms with E-state index in [4.69, 9.17) is 26.9 Å². The molecule has 0 saturated carbocycles. The molecule has 3 saturated heterocycles. The summed E-state index contributed by atoms with van der Waals surface area (Å²) in [4.78, 5) is 16.9. The fourth-order valence-electron chi connectivity index (χ4n) is 4.52. The Morgan fingerprint density at radius 1 is 0.839 bits per heavy atom. The van der Waals surface area contributed by atoms with E-state index in [1.54, 1.807) is 0 Å². The third-order valence-electron chi connectivity index (χ3n) is 6.35. The number of ether oxygens (including phenoxy) is 1. The number of piperidine rings is 1. The van der Waals surface area contributed by atoms with Crippen molar-refractivity contribution in [1.29, 1.82) is 0 Å². The molecule has 172 valence electrons. The number of thiocarbonyl (C=S) groups is 1. The van der Waals surface area contributed by atoms with Gasteiger partial charge in [0.2, 0.25) is 5.95 Å². The largest absolute Gasteiger partial charge is 0.379 e. The van der Waals surface area contributed by atoms with Crippen molar-refractivity contribution in [3.05, 3.63) is 6.07 Å². The second-order valence-corrected chi connectivity index (χ2v) is 9.10. The smallest absolute Gasteiger partial charge is 0.232 e. The fourth-order valence-corrected chi connectivity index (χ4v) is 4.72. The molecule has 0 amide bonds. The van der Waals surface area contributed by atoms with Gasteiger partial charge < -0.3 is 25.2 Å². The molecule has 0 spiro atoms. The maximum atomic E-state index is 5.55. The predicted molar refractivity (Wildman–Crippen MR) is 130 cm³/mol. The van der Waals surface area contributed by atoms with Gasteiger partial charge in [-0.1, -0.05) is 12.8 Å². The van der Waals surface area contributed by atoms with Crippen molar-refractivity contribution < 1.29 is 4.74 Å². The van der Waals surface area contributed by atoms with Gasteiger partial charge in [0, 0.05) is 58.4 Å². The summed E-state index contributed by atoms with van der Waals surface area (Å²) in [5, 5.41) is 7.16. The number of nitrogens with zero attached hydrogens (tertiary/aromatic N) is 5. The van der Waals surface area contributed by atoms with E-state index in [9.17, 15) is 0 Å². The summed E-state index contributed by atoms with van der Waals surface area (Å²) in [5.41, 5.74) is 0. The SMILES string of the molecule is S=C(NCCN1CCOCC1)Nc1nc(N2CCCCCC2)cc(N2CCCCC2)n1. The lowest BCUT2D eigenvalue weighted by molar-refractivity contribution is 0.0389. The van der Waals surface area contributed by atoms with Gasteiger partial charge in [0.15, 0.2) is 5.11 Å². The maximum absolute atomic E-state index is 5.55. The highest BCUT2D eigenvalue weighted by atomic mass is 32.1. The van der Waals surface area contributed by atoms with Crippen molar-refractivity contribution in [2.24, 2.45) is 0 Å². The molecule has 3 aliphatic rings. The summed E-state index contributed by atoms with van der Waals surface area (Å²) < 4.78 is 5.41. The molecule has 0 radical (unpaired) electrons. The average molecular weight is 448 g/mol. The molecular formula is C22H37N7OS. The van der Waals surface area contributed by atoms with Crippen LogP contribution in [0.3, 0.4) is 0 Å². The van der Waals surface area contributed by atoms with Crippen LogP contribution in [0.4, 0.5) is 17.6 Å². The topological polar surface area (TPSA) is 68.8 Å². The Bertz CT molecular complexity index is 699. The van der Waals surface area contributed by atoms with Crippen molar-refractivity contribution in [2.45, 2.75) is 44.9 Å². The van der Waals surface area contributed by atoms with Crippen molar-refractivity contribution in [3.63, 3.8) is 0 Å². The highest BCUT2D eigenvalue weighted by molar-refractivity contribution is 7.80. The number of hydrogen-bond donors (Lipinski definition) is 2. The molecule has 3 fully saturated rings. The number of anilines is 3. The summed E-state index contributed by atoms with van der Waals surface area (Å²) >= 11 is 5.55. The van der Waals surface area contributed by atoms with E-state index in [2.05, 4.69) is 31.4 Å². The Morgan fingerprint density at radius 3 is 1.97 bits per heavy atom. The van der Waals surface area contributed by atoms with E-state index in [0.717, 1.165) is 77.2 Å². The van der Waals surface area contributed by atoms with Crippen LogP contribution in [-0.4, -0.2) is 85.6 Å². The highest BCUT2D eigenvalue weighted by Gasteiger charge is 2.19. The van der Waals surface area contributed by atoms with E-state index in [1.807, 2.05) is 0 Å². The summed E-state index contributed by atoms with van der Waals surface area (Å²) in [5.74, 6) is 2.65. The molecule has 0 bridgehead atoms. The molecule has 0 atom stereocenters. The Hall–Kier alpha value is -1.71. The Morgan fingerprint density at radius 2 is 1.39 bits per heavy atom. The van der Waals surface area contributed by atoms with Gasteiger partial charge in [-0.05, 0) is 44.3 Å². The van der Waals surface area contributed by atoms with E-state index in [-0.39, 0.29) is 0 Å². The number of aromatic nitrogens is 2. The normalized spacial score (nSPS) is 20.9. The monoisotopic (exact) mass is 447 g/mol. The second kappa shape index (κ2) is 11.8. The third-order valence-corrected chi connectivity index (χ3v) is 6.60. The Labute approximate surface area is 191 Å². The van der Waals surface area contributed by atoms with E-state index < -0.39 is 0 Å². The third kappa shape index (κ3) is 6.89. The van der Waals surface area contributed by atoms with Gasteiger partial charge in [-0.15, -0.1) is 0 Å². The van der Waals surface area contributed by atoms with Crippen LogP contribution in [0, 0.1) is 0 Å². The minimum atomic E-state index is 0.589. The first-order valence-corrected chi connectivity index (χ1v) is 12.4. The van der Waals surface area contributed by atoms with Gasteiger partial charge in [0.05, 0.1) is 13.2 Å². The number of nitrogens with one attached hydrogen (secondary N) is 2. The van der Waals surface area contributed by atoms with Gasteiger partial charge >= 0.3 is 0 Å². The predicted octanol–water partition coefficient (Wildman–Crippen LogP) is 2.47. The van der Waals surface area contributed by atoms with Gasteiger partial charge in [-0.25, -0.2) is 0 Å². The van der Waals surface area contributed by atoms with Crippen LogP contribution in [0.5, 0.6) is 0 Å². The number of hydrogen-bond acceptors (Lipinski definition) is 7. The molecular weight excluding hydrogens is 410 g/mol. The first-order chi connectivity index (χ1) is 15.3. The molecule has 31 heavy (non-hydrogen) atoms. The summed E-state index contributed by atoms with van der Waals surface area (Å²) in [6.45, 7) is 9.64. The lowest BCUT2D eigenvalue weighted by atomic mass is 10.1. The van der Waals surface area contributed by atoms with Gasteiger partial charge in [0.1, 0.15) is 11.6 Å². The Kier molecular flexibility index (Phi) is 8.54. The van der Waals surface area contributed by atoms with Crippen LogP contribution >= 0.6 is 12.2 Å². The standard InChI is InChI=1S/C22H37N7OS/c31-22(23-8-13-27-14-16-30-17-15-27)26-21-24-19(28-9-4-1-2-5-10-28)18-20(25-21)29-11-6-3-7-12-29/h18H,1-17H2,(H2,23,24,25,26,31). The van der Waals surface area contributed by atoms with Crippen LogP contribution < -0.4 is 20.4 Å². The summed E-state index contributed by atoms with van der Waals surface area (Å²) in [6.07, 6.45) is 8.84. The molecule has 2 N–H and O–H groups in total. The molecule has 3 aliphatic heterocycles. The Balaban J connectivity index is 1.40. The van der Waals surface area contributed by atoms with Crippen molar-refractivity contribution in [3.8, 4) is 0 Å². The van der Waals surface area contributed by atoms with E-state index in [1.165, 1.54) is 44.9 Å².